The second-order valence-electron chi connectivity index (χ2n) is 7.13. The molecule has 0 unspecified atom stereocenters. The molecule has 1 aromatic rings. The van der Waals surface area contributed by atoms with Gasteiger partial charge in [0.05, 0.1) is 0 Å². The summed E-state index contributed by atoms with van der Waals surface area (Å²) in [5, 5.41) is 6.40. The van der Waals surface area contributed by atoms with Gasteiger partial charge in [-0.1, -0.05) is 18.2 Å². The molecule has 0 bridgehead atoms. The SMILES string of the molecule is CCN(CCNC(=NC)NC1CCN(S(=O)(=O)C(F)(F)F)CC1)c1ccccc1C.I. The number of likely N-dealkylation sites (N-methyl/N-ethyl adjacent to an activating group) is 1. The maximum atomic E-state index is 12.7. The molecule has 0 spiro atoms. The molecule has 1 aliphatic heterocycles. The van der Waals surface area contributed by atoms with Gasteiger partial charge in [-0.05, 0) is 38.3 Å². The van der Waals surface area contributed by atoms with E-state index in [0.717, 1.165) is 13.1 Å². The molecule has 0 atom stereocenters. The average Bonchev–Trinajstić information content (AvgIpc) is 2.70. The lowest BCUT2D eigenvalue weighted by molar-refractivity contribution is -0.0494. The molecule has 0 aromatic heterocycles. The lowest BCUT2D eigenvalue weighted by Crippen LogP contribution is -2.52. The van der Waals surface area contributed by atoms with E-state index in [9.17, 15) is 21.6 Å². The molecule has 1 fully saturated rings. The van der Waals surface area contributed by atoms with Gasteiger partial charge in [0, 0.05) is 51.5 Å². The van der Waals surface area contributed by atoms with Gasteiger partial charge in [-0.2, -0.15) is 17.5 Å². The van der Waals surface area contributed by atoms with Gasteiger partial charge < -0.3 is 15.5 Å². The summed E-state index contributed by atoms with van der Waals surface area (Å²) in [5.41, 5.74) is -2.89. The van der Waals surface area contributed by atoms with Crippen molar-refractivity contribution in [3.05, 3.63) is 29.8 Å². The van der Waals surface area contributed by atoms with Crippen molar-refractivity contribution in [3.8, 4) is 0 Å². The van der Waals surface area contributed by atoms with Crippen LogP contribution < -0.4 is 15.5 Å². The van der Waals surface area contributed by atoms with Crippen LogP contribution in [0.25, 0.3) is 0 Å². The minimum Gasteiger partial charge on any atom is -0.370 e. The summed E-state index contributed by atoms with van der Waals surface area (Å²) in [6.45, 7) is 6.04. The lowest BCUT2D eigenvalue weighted by atomic mass is 10.1. The summed E-state index contributed by atoms with van der Waals surface area (Å²) in [6, 6.07) is 8.01. The minimum atomic E-state index is -5.26. The fourth-order valence-corrected chi connectivity index (χ4v) is 4.44. The predicted molar refractivity (Wildman–Crippen MR) is 129 cm³/mol. The van der Waals surface area contributed by atoms with Crippen LogP contribution in [0.15, 0.2) is 29.3 Å². The van der Waals surface area contributed by atoms with Crippen molar-refractivity contribution in [2.45, 2.75) is 38.2 Å². The minimum absolute atomic E-state index is 0. The number of anilines is 1. The van der Waals surface area contributed by atoms with Crippen LogP contribution in [0.1, 0.15) is 25.3 Å². The zero-order valence-electron chi connectivity index (χ0n) is 17.9. The van der Waals surface area contributed by atoms with Gasteiger partial charge in [0.25, 0.3) is 0 Å². The fraction of sp³-hybridized carbons (Fsp3) is 0.632. The van der Waals surface area contributed by atoms with Crippen molar-refractivity contribution < 1.29 is 21.6 Å². The molecule has 0 saturated carbocycles. The van der Waals surface area contributed by atoms with Crippen molar-refractivity contribution in [2.75, 3.05) is 44.7 Å². The van der Waals surface area contributed by atoms with E-state index >= 15 is 0 Å². The van der Waals surface area contributed by atoms with Crippen molar-refractivity contribution in [2.24, 2.45) is 4.99 Å². The zero-order valence-corrected chi connectivity index (χ0v) is 21.1. The Morgan fingerprint density at radius 1 is 1.26 bits per heavy atom. The number of halogens is 4. The van der Waals surface area contributed by atoms with Gasteiger partial charge in [0.1, 0.15) is 0 Å². The standard InChI is InChI=1S/C19H30F3N5O2S.HI/c1-4-26(17-8-6-5-7-15(17)2)14-11-24-18(23-3)25-16-9-12-27(13-10-16)30(28,29)19(20,21)22;/h5-8,16H,4,9-14H2,1-3H3,(H2,23,24,25);1H. The van der Waals surface area contributed by atoms with Crippen molar-refractivity contribution in [3.63, 3.8) is 0 Å². The number of para-hydroxylation sites is 1. The van der Waals surface area contributed by atoms with Crippen LogP contribution in [0.5, 0.6) is 0 Å². The number of rotatable bonds is 7. The Hall–Kier alpha value is -1.28. The van der Waals surface area contributed by atoms with E-state index in [1.807, 2.05) is 12.1 Å². The number of nitrogens with one attached hydrogen (secondary N) is 2. The summed E-state index contributed by atoms with van der Waals surface area (Å²) in [6.07, 6.45) is 0.556. The third-order valence-electron chi connectivity index (χ3n) is 5.16. The van der Waals surface area contributed by atoms with Gasteiger partial charge in [0.2, 0.25) is 0 Å². The van der Waals surface area contributed by atoms with Crippen LogP contribution in [0.4, 0.5) is 18.9 Å². The van der Waals surface area contributed by atoms with Crippen LogP contribution in [0.3, 0.4) is 0 Å². The quantitative estimate of drug-likeness (QED) is 0.296. The molecular formula is C19H31F3IN5O2S. The first kappa shape index (κ1) is 27.8. The molecule has 0 radical (unpaired) electrons. The second kappa shape index (κ2) is 12.1. The summed E-state index contributed by atoms with van der Waals surface area (Å²) in [7, 11) is -3.64. The molecule has 0 aliphatic carbocycles. The lowest BCUT2D eigenvalue weighted by Gasteiger charge is -2.32. The van der Waals surface area contributed by atoms with Crippen LogP contribution in [-0.4, -0.2) is 70.0 Å². The molecule has 0 amide bonds. The maximum absolute atomic E-state index is 12.7. The summed E-state index contributed by atoms with van der Waals surface area (Å²) >= 11 is 0. The predicted octanol–water partition coefficient (Wildman–Crippen LogP) is 2.92. The van der Waals surface area contributed by atoms with E-state index in [4.69, 9.17) is 0 Å². The normalized spacial score (nSPS) is 16.5. The van der Waals surface area contributed by atoms with Gasteiger partial charge in [-0.3, -0.25) is 4.99 Å². The highest BCUT2D eigenvalue weighted by atomic mass is 127. The Morgan fingerprint density at radius 3 is 2.39 bits per heavy atom. The Labute approximate surface area is 199 Å². The average molecular weight is 577 g/mol. The number of piperidine rings is 1. The first-order chi connectivity index (χ1) is 14.1. The van der Waals surface area contributed by atoms with Crippen molar-refractivity contribution in [1.29, 1.82) is 0 Å². The molecule has 12 heteroatoms. The second-order valence-corrected chi connectivity index (χ2v) is 9.06. The third-order valence-corrected chi connectivity index (χ3v) is 6.79. The smallest absolute Gasteiger partial charge is 0.370 e. The Bertz CT molecular complexity index is 828. The summed E-state index contributed by atoms with van der Waals surface area (Å²) in [4.78, 5) is 6.41. The zero-order chi connectivity index (χ0) is 22.4. The Balaban J connectivity index is 0.00000480. The maximum Gasteiger partial charge on any atom is 0.511 e. The molecule has 7 nitrogen and oxygen atoms in total. The van der Waals surface area contributed by atoms with Gasteiger partial charge in [0.15, 0.2) is 5.96 Å². The number of hydrogen-bond donors (Lipinski definition) is 2. The van der Waals surface area contributed by atoms with Crippen molar-refractivity contribution >= 4 is 45.6 Å². The van der Waals surface area contributed by atoms with Crippen LogP contribution >= 0.6 is 24.0 Å². The number of benzene rings is 1. The van der Waals surface area contributed by atoms with E-state index in [1.54, 1.807) is 7.05 Å². The molecule has 1 aliphatic rings. The molecule has 31 heavy (non-hydrogen) atoms. The van der Waals surface area contributed by atoms with E-state index in [2.05, 4.69) is 46.5 Å². The number of nitrogens with zero attached hydrogens (tertiary/aromatic N) is 3. The number of sulfonamides is 1. The van der Waals surface area contributed by atoms with Gasteiger partial charge in [-0.25, -0.2) is 8.42 Å². The van der Waals surface area contributed by atoms with E-state index < -0.39 is 15.5 Å². The molecule has 1 saturated heterocycles. The number of aryl methyl sites for hydroxylation is 1. The van der Waals surface area contributed by atoms with Crippen LogP contribution in [-0.2, 0) is 10.0 Å². The molecular weight excluding hydrogens is 546 g/mol. The monoisotopic (exact) mass is 577 g/mol. The number of guanidine groups is 1. The fourth-order valence-electron chi connectivity index (χ4n) is 3.45. The van der Waals surface area contributed by atoms with Gasteiger partial charge >= 0.3 is 15.5 Å². The topological polar surface area (TPSA) is 77.0 Å². The summed E-state index contributed by atoms with van der Waals surface area (Å²) in [5.74, 6) is 0.549. The third kappa shape index (κ3) is 7.38. The van der Waals surface area contributed by atoms with Crippen LogP contribution in [0, 0.1) is 6.92 Å². The number of hydrogen-bond acceptors (Lipinski definition) is 4. The highest BCUT2D eigenvalue weighted by molar-refractivity contribution is 14.0. The van der Waals surface area contributed by atoms with E-state index in [-0.39, 0.29) is 55.9 Å². The molecule has 1 aromatic carbocycles. The van der Waals surface area contributed by atoms with Crippen molar-refractivity contribution in [1.82, 2.24) is 14.9 Å². The van der Waals surface area contributed by atoms with Crippen LogP contribution in [0.2, 0.25) is 0 Å². The first-order valence-corrected chi connectivity index (χ1v) is 11.4. The molecule has 2 rings (SSSR count). The van der Waals surface area contributed by atoms with E-state index in [0.29, 0.717) is 16.8 Å². The number of alkyl halides is 3. The Kier molecular flexibility index (Phi) is 10.8. The first-order valence-electron chi connectivity index (χ1n) is 9.94. The Morgan fingerprint density at radius 2 is 1.87 bits per heavy atom. The van der Waals surface area contributed by atoms with E-state index in [1.165, 1.54) is 11.3 Å². The summed E-state index contributed by atoms with van der Waals surface area (Å²) < 4.78 is 61.6. The number of aliphatic imine (C=N–C) groups is 1. The molecule has 2 N–H and O–H groups in total. The highest BCUT2D eigenvalue weighted by Crippen LogP contribution is 2.28. The largest absolute Gasteiger partial charge is 0.511 e. The highest BCUT2D eigenvalue weighted by Gasteiger charge is 2.50. The van der Waals surface area contributed by atoms with Gasteiger partial charge in [-0.15, -0.1) is 24.0 Å². The molecule has 1 heterocycles. The molecule has 178 valence electrons.